The Morgan fingerprint density at radius 1 is 1.38 bits per heavy atom. The minimum absolute atomic E-state index is 0.0931. The van der Waals surface area contributed by atoms with Crippen LogP contribution in [0.25, 0.3) is 0 Å². The number of aromatic nitrogens is 2. The van der Waals surface area contributed by atoms with Crippen molar-refractivity contribution >= 4 is 5.91 Å². The number of nitrogens with zero attached hydrogens (tertiary/aromatic N) is 2. The Balaban J connectivity index is 2.05. The molecule has 0 fully saturated rings. The Hall–Kier alpha value is -2.34. The van der Waals surface area contributed by atoms with Crippen LogP contribution in [0.5, 0.6) is 5.75 Å². The lowest BCUT2D eigenvalue weighted by atomic mass is 9.99. The van der Waals surface area contributed by atoms with Crippen LogP contribution in [-0.4, -0.2) is 46.4 Å². The van der Waals surface area contributed by atoms with Gasteiger partial charge < -0.3 is 14.7 Å². The number of aromatic hydroxyl groups is 1. The standard InChI is InChI=1S/C15H17N3O3/c1-9-12-13(17-16-9)15(20)18(7-8-21-2)14(12)10-3-5-11(19)6-4-10/h3-6,14,19H,7-8H2,1-2H3,(H,16,17)/t14-/m0/s1. The summed E-state index contributed by atoms with van der Waals surface area (Å²) in [6.07, 6.45) is 0. The second kappa shape index (κ2) is 5.21. The van der Waals surface area contributed by atoms with Gasteiger partial charge in [-0.1, -0.05) is 12.1 Å². The van der Waals surface area contributed by atoms with Crippen molar-refractivity contribution in [1.82, 2.24) is 15.1 Å². The number of carbonyl (C=O) groups is 1. The molecule has 1 aromatic carbocycles. The summed E-state index contributed by atoms with van der Waals surface area (Å²) in [5.74, 6) is 0.111. The maximum atomic E-state index is 12.5. The lowest BCUT2D eigenvalue weighted by molar-refractivity contribution is 0.0677. The molecule has 6 heteroatoms. The van der Waals surface area contributed by atoms with Crippen LogP contribution in [0, 0.1) is 6.92 Å². The first kappa shape index (κ1) is 13.6. The molecule has 0 bridgehead atoms. The van der Waals surface area contributed by atoms with Gasteiger partial charge in [0.2, 0.25) is 0 Å². The van der Waals surface area contributed by atoms with Crippen LogP contribution >= 0.6 is 0 Å². The van der Waals surface area contributed by atoms with Crippen LogP contribution in [-0.2, 0) is 4.74 Å². The number of fused-ring (bicyclic) bond motifs is 1. The molecule has 1 amide bonds. The number of amides is 1. The second-order valence-electron chi connectivity index (χ2n) is 5.10. The largest absolute Gasteiger partial charge is 0.508 e. The number of ether oxygens (including phenoxy) is 1. The van der Waals surface area contributed by atoms with E-state index in [1.54, 1.807) is 24.1 Å². The monoisotopic (exact) mass is 287 g/mol. The lowest BCUT2D eigenvalue weighted by Crippen LogP contribution is -2.32. The molecule has 0 saturated carbocycles. The van der Waals surface area contributed by atoms with Gasteiger partial charge in [-0.05, 0) is 24.6 Å². The van der Waals surface area contributed by atoms with E-state index in [1.807, 2.05) is 19.1 Å². The highest BCUT2D eigenvalue weighted by Gasteiger charge is 2.41. The zero-order valence-corrected chi connectivity index (χ0v) is 12.0. The quantitative estimate of drug-likeness (QED) is 0.895. The molecule has 0 aliphatic carbocycles. The highest BCUT2D eigenvalue weighted by atomic mass is 16.5. The molecule has 21 heavy (non-hydrogen) atoms. The number of phenols is 1. The van der Waals surface area contributed by atoms with Crippen LogP contribution in [0.15, 0.2) is 24.3 Å². The van der Waals surface area contributed by atoms with E-state index in [2.05, 4.69) is 10.2 Å². The van der Waals surface area contributed by atoms with Crippen molar-refractivity contribution in [2.45, 2.75) is 13.0 Å². The van der Waals surface area contributed by atoms with Gasteiger partial charge in [0.15, 0.2) is 5.69 Å². The topological polar surface area (TPSA) is 78.5 Å². The number of methoxy groups -OCH3 is 1. The zero-order chi connectivity index (χ0) is 15.0. The number of carbonyl (C=O) groups excluding carboxylic acids is 1. The van der Waals surface area contributed by atoms with Crippen molar-refractivity contribution in [3.8, 4) is 5.75 Å². The number of aryl methyl sites for hydroxylation is 1. The Labute approximate surface area is 122 Å². The number of H-pyrrole nitrogens is 1. The summed E-state index contributed by atoms with van der Waals surface area (Å²) in [4.78, 5) is 14.3. The van der Waals surface area contributed by atoms with E-state index < -0.39 is 0 Å². The number of hydrogen-bond donors (Lipinski definition) is 2. The molecular weight excluding hydrogens is 270 g/mol. The highest BCUT2D eigenvalue weighted by molar-refractivity contribution is 5.98. The van der Waals surface area contributed by atoms with E-state index in [9.17, 15) is 9.90 Å². The number of rotatable bonds is 4. The van der Waals surface area contributed by atoms with Crippen molar-refractivity contribution in [2.75, 3.05) is 20.3 Å². The minimum atomic E-state index is -0.193. The minimum Gasteiger partial charge on any atom is -0.508 e. The van der Waals surface area contributed by atoms with E-state index >= 15 is 0 Å². The van der Waals surface area contributed by atoms with Crippen LogP contribution in [0.2, 0.25) is 0 Å². The third-order valence-corrected chi connectivity index (χ3v) is 3.79. The second-order valence-corrected chi connectivity index (χ2v) is 5.10. The third kappa shape index (κ3) is 2.17. The first-order valence-corrected chi connectivity index (χ1v) is 6.77. The fourth-order valence-electron chi connectivity index (χ4n) is 2.77. The first-order valence-electron chi connectivity index (χ1n) is 6.77. The van der Waals surface area contributed by atoms with Crippen molar-refractivity contribution in [1.29, 1.82) is 0 Å². The Bertz CT molecular complexity index is 663. The van der Waals surface area contributed by atoms with Gasteiger partial charge in [-0.25, -0.2) is 0 Å². The molecule has 0 spiro atoms. The summed E-state index contributed by atoms with van der Waals surface area (Å²) >= 11 is 0. The summed E-state index contributed by atoms with van der Waals surface area (Å²) in [5.41, 5.74) is 3.21. The average molecular weight is 287 g/mol. The first-order chi connectivity index (χ1) is 10.1. The van der Waals surface area contributed by atoms with Gasteiger partial charge in [0.1, 0.15) is 5.75 Å². The normalized spacial score (nSPS) is 17.3. The van der Waals surface area contributed by atoms with Crippen molar-refractivity contribution in [3.63, 3.8) is 0 Å². The Morgan fingerprint density at radius 2 is 2.10 bits per heavy atom. The summed E-state index contributed by atoms with van der Waals surface area (Å²) in [5, 5.41) is 16.5. The molecule has 2 N–H and O–H groups in total. The molecule has 1 aromatic heterocycles. The Morgan fingerprint density at radius 3 is 2.76 bits per heavy atom. The molecule has 2 heterocycles. The molecule has 2 aromatic rings. The van der Waals surface area contributed by atoms with E-state index in [4.69, 9.17) is 4.74 Å². The van der Waals surface area contributed by atoms with Gasteiger partial charge in [0.05, 0.1) is 12.6 Å². The predicted molar refractivity (Wildman–Crippen MR) is 76.2 cm³/mol. The number of benzene rings is 1. The third-order valence-electron chi connectivity index (χ3n) is 3.79. The summed E-state index contributed by atoms with van der Waals surface area (Å²) in [6, 6.07) is 6.72. The van der Waals surface area contributed by atoms with E-state index in [0.29, 0.717) is 18.8 Å². The molecule has 0 radical (unpaired) electrons. The van der Waals surface area contributed by atoms with Gasteiger partial charge in [0, 0.05) is 24.9 Å². The summed E-state index contributed by atoms with van der Waals surface area (Å²) in [7, 11) is 1.61. The maximum Gasteiger partial charge on any atom is 0.275 e. The van der Waals surface area contributed by atoms with E-state index in [0.717, 1.165) is 16.8 Å². The van der Waals surface area contributed by atoms with Crippen LogP contribution in [0.3, 0.4) is 0 Å². The molecule has 110 valence electrons. The van der Waals surface area contributed by atoms with Gasteiger partial charge in [-0.3, -0.25) is 9.89 Å². The van der Waals surface area contributed by atoms with Crippen LogP contribution in [0.1, 0.15) is 33.4 Å². The van der Waals surface area contributed by atoms with Gasteiger partial charge in [-0.2, -0.15) is 5.10 Å². The molecule has 1 aliphatic rings. The molecule has 3 rings (SSSR count). The smallest absolute Gasteiger partial charge is 0.275 e. The summed E-state index contributed by atoms with van der Waals surface area (Å²) < 4.78 is 5.10. The average Bonchev–Trinajstić information content (AvgIpc) is 2.98. The summed E-state index contributed by atoms with van der Waals surface area (Å²) in [6.45, 7) is 2.87. The van der Waals surface area contributed by atoms with E-state index in [1.165, 1.54) is 0 Å². The van der Waals surface area contributed by atoms with Gasteiger partial charge >= 0.3 is 0 Å². The molecule has 0 saturated heterocycles. The van der Waals surface area contributed by atoms with Crippen molar-refractivity contribution in [2.24, 2.45) is 0 Å². The SMILES string of the molecule is COCCN1C(=O)c2n[nH]c(C)c2[C@@H]1c1ccc(O)cc1. The number of hydrogen-bond acceptors (Lipinski definition) is 4. The van der Waals surface area contributed by atoms with Crippen molar-refractivity contribution < 1.29 is 14.6 Å². The molecule has 6 nitrogen and oxygen atoms in total. The van der Waals surface area contributed by atoms with Crippen LogP contribution < -0.4 is 0 Å². The number of aromatic amines is 1. The van der Waals surface area contributed by atoms with Gasteiger partial charge in [-0.15, -0.1) is 0 Å². The molecule has 0 unspecified atom stereocenters. The fourth-order valence-corrected chi connectivity index (χ4v) is 2.77. The predicted octanol–water partition coefficient (Wildman–Crippen LogP) is 1.62. The van der Waals surface area contributed by atoms with Crippen LogP contribution in [0.4, 0.5) is 0 Å². The maximum absolute atomic E-state index is 12.5. The highest BCUT2D eigenvalue weighted by Crippen LogP contribution is 2.39. The fraction of sp³-hybridized carbons (Fsp3) is 0.333. The molecular formula is C15H17N3O3. The van der Waals surface area contributed by atoms with Crippen molar-refractivity contribution in [3.05, 3.63) is 46.8 Å². The number of nitrogens with one attached hydrogen (secondary N) is 1. The number of phenolic OH excluding ortho intramolecular Hbond substituents is 1. The molecule has 1 aliphatic heterocycles. The zero-order valence-electron chi connectivity index (χ0n) is 12.0. The molecule has 1 atom stereocenters. The Kier molecular flexibility index (Phi) is 3.39. The lowest BCUT2D eigenvalue weighted by Gasteiger charge is -2.25. The van der Waals surface area contributed by atoms with E-state index in [-0.39, 0.29) is 17.7 Å². The van der Waals surface area contributed by atoms with Gasteiger partial charge in [0.25, 0.3) is 5.91 Å².